The fourth-order valence-electron chi connectivity index (χ4n) is 2.51. The lowest BCUT2D eigenvalue weighted by atomic mass is 9.85. The highest BCUT2D eigenvalue weighted by atomic mass is 35.5. The molecule has 0 spiro atoms. The van der Waals surface area contributed by atoms with Gasteiger partial charge in [0.2, 0.25) is 0 Å². The number of rotatable bonds is 2. The van der Waals surface area contributed by atoms with Crippen molar-refractivity contribution in [2.75, 3.05) is 0 Å². The van der Waals surface area contributed by atoms with Gasteiger partial charge in [-0.1, -0.05) is 11.6 Å². The fraction of sp³-hybridized carbons (Fsp3) is 0.462. The maximum absolute atomic E-state index is 11.4. The third kappa shape index (κ3) is 1.53. The number of carboxylic acid groups (broad SMARTS) is 1. The van der Waals surface area contributed by atoms with Gasteiger partial charge < -0.3 is 10.2 Å². The van der Waals surface area contributed by atoms with Crippen molar-refractivity contribution in [1.82, 2.24) is 0 Å². The minimum Gasteiger partial charge on any atom is -0.506 e. The van der Waals surface area contributed by atoms with Gasteiger partial charge >= 0.3 is 5.97 Å². The van der Waals surface area contributed by atoms with Gasteiger partial charge in [0.05, 0.1) is 10.4 Å². The maximum Gasteiger partial charge on any atom is 0.314 e. The van der Waals surface area contributed by atoms with Crippen molar-refractivity contribution in [3.05, 3.63) is 27.3 Å². The van der Waals surface area contributed by atoms with Crippen LogP contribution in [0.4, 0.5) is 0 Å². The third-order valence-corrected chi connectivity index (χ3v) is 4.31. The van der Waals surface area contributed by atoms with Crippen LogP contribution in [0, 0.1) is 20.8 Å². The number of phenols is 1. The Morgan fingerprint density at radius 2 is 1.71 bits per heavy atom. The number of aliphatic carboxylic acids is 1. The average Bonchev–Trinajstić information content (AvgIpc) is 3.05. The summed E-state index contributed by atoms with van der Waals surface area (Å²) in [6.07, 6.45) is 1.29. The van der Waals surface area contributed by atoms with Gasteiger partial charge in [0, 0.05) is 0 Å². The Balaban J connectivity index is 2.76. The van der Waals surface area contributed by atoms with E-state index in [2.05, 4.69) is 0 Å². The molecule has 0 saturated heterocycles. The van der Waals surface area contributed by atoms with E-state index < -0.39 is 11.4 Å². The van der Waals surface area contributed by atoms with Gasteiger partial charge in [0.1, 0.15) is 5.75 Å². The first-order valence-electron chi connectivity index (χ1n) is 5.55. The number of hydrogen-bond donors (Lipinski definition) is 2. The summed E-state index contributed by atoms with van der Waals surface area (Å²) in [5, 5.41) is 19.5. The van der Waals surface area contributed by atoms with Gasteiger partial charge in [-0.2, -0.15) is 0 Å². The highest BCUT2D eigenvalue weighted by Crippen LogP contribution is 2.53. The number of phenolic OH excluding ortho intramolecular Hbond substituents is 1. The molecule has 0 unspecified atom stereocenters. The largest absolute Gasteiger partial charge is 0.506 e. The van der Waals surface area contributed by atoms with Crippen LogP contribution in [0.5, 0.6) is 5.75 Å². The zero-order chi connectivity index (χ0) is 13.0. The number of benzene rings is 1. The molecule has 1 aliphatic rings. The lowest BCUT2D eigenvalue weighted by molar-refractivity contribution is -0.140. The molecule has 0 bridgehead atoms. The maximum atomic E-state index is 11.4. The number of halogens is 1. The molecule has 4 heteroatoms. The first-order valence-corrected chi connectivity index (χ1v) is 5.93. The molecule has 0 heterocycles. The molecule has 2 rings (SSSR count). The van der Waals surface area contributed by atoms with Crippen LogP contribution in [0.1, 0.15) is 35.1 Å². The molecule has 92 valence electrons. The van der Waals surface area contributed by atoms with Gasteiger partial charge in [-0.15, -0.1) is 0 Å². The van der Waals surface area contributed by atoms with E-state index in [9.17, 15) is 15.0 Å². The predicted octanol–water partition coefficient (Wildman–Crippen LogP) is 3.09. The van der Waals surface area contributed by atoms with E-state index in [4.69, 9.17) is 11.6 Å². The van der Waals surface area contributed by atoms with E-state index in [0.717, 1.165) is 11.1 Å². The molecule has 1 aromatic carbocycles. The summed E-state index contributed by atoms with van der Waals surface area (Å²) in [4.78, 5) is 11.4. The van der Waals surface area contributed by atoms with E-state index in [0.29, 0.717) is 24.0 Å². The van der Waals surface area contributed by atoms with Crippen LogP contribution < -0.4 is 0 Å². The van der Waals surface area contributed by atoms with Crippen molar-refractivity contribution in [3.63, 3.8) is 0 Å². The van der Waals surface area contributed by atoms with Gasteiger partial charge in [-0.25, -0.2) is 0 Å². The molecule has 3 nitrogen and oxygen atoms in total. The van der Waals surface area contributed by atoms with Gasteiger partial charge in [-0.05, 0) is 55.9 Å². The van der Waals surface area contributed by atoms with Gasteiger partial charge in [0.15, 0.2) is 0 Å². The Hall–Kier alpha value is -1.22. The second kappa shape index (κ2) is 3.64. The summed E-state index contributed by atoms with van der Waals surface area (Å²) in [7, 11) is 0. The predicted molar refractivity (Wildman–Crippen MR) is 65.9 cm³/mol. The molecular formula is C13H15ClO3. The van der Waals surface area contributed by atoms with Gasteiger partial charge in [0.25, 0.3) is 0 Å². The number of carbonyl (C=O) groups is 1. The highest BCUT2D eigenvalue weighted by Gasteiger charge is 2.53. The van der Waals surface area contributed by atoms with Crippen LogP contribution in [0.3, 0.4) is 0 Å². The average molecular weight is 255 g/mol. The van der Waals surface area contributed by atoms with Crippen molar-refractivity contribution in [3.8, 4) is 5.75 Å². The van der Waals surface area contributed by atoms with Crippen molar-refractivity contribution in [1.29, 1.82) is 0 Å². The Bertz CT molecular complexity index is 487. The third-order valence-electron chi connectivity index (χ3n) is 3.84. The summed E-state index contributed by atoms with van der Waals surface area (Å²) in [5.41, 5.74) is 2.20. The first-order chi connectivity index (χ1) is 7.83. The van der Waals surface area contributed by atoms with Crippen LogP contribution in [0.25, 0.3) is 0 Å². The molecule has 2 N–H and O–H groups in total. The number of aromatic hydroxyl groups is 1. The molecule has 1 saturated carbocycles. The first kappa shape index (κ1) is 12.2. The van der Waals surface area contributed by atoms with Gasteiger partial charge in [-0.3, -0.25) is 4.79 Å². The van der Waals surface area contributed by atoms with Crippen LogP contribution >= 0.6 is 11.6 Å². The quantitative estimate of drug-likeness (QED) is 0.853. The van der Waals surface area contributed by atoms with Crippen LogP contribution in [0.2, 0.25) is 5.02 Å². The smallest absolute Gasteiger partial charge is 0.314 e. The topological polar surface area (TPSA) is 57.5 Å². The summed E-state index contributed by atoms with van der Waals surface area (Å²) in [6, 6.07) is 0. The van der Waals surface area contributed by atoms with E-state index in [1.165, 1.54) is 0 Å². The standard InChI is InChI=1S/C13H15ClO3/c1-6-7(2)11(15)10(14)8(3)9(6)13(4-5-13)12(16)17/h15H,4-5H2,1-3H3,(H,16,17). The summed E-state index contributed by atoms with van der Waals surface area (Å²) in [5.74, 6) is -0.739. The molecule has 0 aromatic heterocycles. The Kier molecular flexibility index (Phi) is 2.62. The molecule has 1 aromatic rings. The van der Waals surface area contributed by atoms with Crippen LogP contribution in [-0.4, -0.2) is 16.2 Å². The fourth-order valence-corrected chi connectivity index (χ4v) is 2.75. The molecular weight excluding hydrogens is 240 g/mol. The minimum atomic E-state index is -0.801. The zero-order valence-corrected chi connectivity index (χ0v) is 10.9. The monoisotopic (exact) mass is 254 g/mol. The zero-order valence-electron chi connectivity index (χ0n) is 10.1. The number of carboxylic acids is 1. The molecule has 0 atom stereocenters. The van der Waals surface area contributed by atoms with E-state index in [1.807, 2.05) is 6.92 Å². The molecule has 0 radical (unpaired) electrons. The van der Waals surface area contributed by atoms with Crippen molar-refractivity contribution in [2.45, 2.75) is 39.0 Å². The summed E-state index contributed by atoms with van der Waals surface area (Å²) >= 11 is 6.06. The van der Waals surface area contributed by atoms with Crippen molar-refractivity contribution in [2.24, 2.45) is 0 Å². The summed E-state index contributed by atoms with van der Waals surface area (Å²) in [6.45, 7) is 5.38. The second-order valence-electron chi connectivity index (χ2n) is 4.80. The molecule has 17 heavy (non-hydrogen) atoms. The van der Waals surface area contributed by atoms with Crippen LogP contribution in [-0.2, 0) is 10.2 Å². The minimum absolute atomic E-state index is 0.0617. The molecule has 0 aliphatic heterocycles. The Labute approximate surface area is 105 Å². The second-order valence-corrected chi connectivity index (χ2v) is 5.18. The normalized spacial score (nSPS) is 16.9. The van der Waals surface area contributed by atoms with E-state index in [-0.39, 0.29) is 10.8 Å². The number of hydrogen-bond acceptors (Lipinski definition) is 2. The van der Waals surface area contributed by atoms with Crippen molar-refractivity contribution < 1.29 is 15.0 Å². The lowest BCUT2D eigenvalue weighted by Gasteiger charge is -2.21. The lowest BCUT2D eigenvalue weighted by Crippen LogP contribution is -2.22. The van der Waals surface area contributed by atoms with Crippen LogP contribution in [0.15, 0.2) is 0 Å². The molecule has 0 amide bonds. The van der Waals surface area contributed by atoms with Crippen molar-refractivity contribution >= 4 is 17.6 Å². The van der Waals surface area contributed by atoms with E-state index in [1.54, 1.807) is 13.8 Å². The SMILES string of the molecule is Cc1c(C)c(C2(C(=O)O)CC2)c(C)c(Cl)c1O. The molecule has 1 aliphatic carbocycles. The Morgan fingerprint density at radius 1 is 1.18 bits per heavy atom. The Morgan fingerprint density at radius 3 is 2.12 bits per heavy atom. The summed E-state index contributed by atoms with van der Waals surface area (Å²) < 4.78 is 0. The molecule has 1 fully saturated rings. The van der Waals surface area contributed by atoms with E-state index >= 15 is 0 Å². The highest BCUT2D eigenvalue weighted by molar-refractivity contribution is 6.33.